The number of rotatable bonds is 1. The molecule has 0 radical (unpaired) electrons. The summed E-state index contributed by atoms with van der Waals surface area (Å²) >= 11 is 1.42. The molecule has 1 aromatic heterocycles. The molecule has 0 spiro atoms. The average molecular weight is 302 g/mol. The minimum absolute atomic E-state index is 0.924. The van der Waals surface area contributed by atoms with Gasteiger partial charge < -0.3 is 0 Å². The summed E-state index contributed by atoms with van der Waals surface area (Å²) in [4.78, 5) is 0. The predicted molar refractivity (Wildman–Crippen MR) is 37.3 cm³/mol. The van der Waals surface area contributed by atoms with E-state index in [1.54, 1.807) is 12.4 Å². The van der Waals surface area contributed by atoms with Crippen LogP contribution in [-0.2, 0) is 19.4 Å². The zero-order valence-electron chi connectivity index (χ0n) is 5.32. The fraction of sp³-hybridized carbons (Fsp3) is 0. The molecule has 0 aromatic carbocycles. The molecule has 0 atom stereocenters. The van der Waals surface area contributed by atoms with E-state index in [2.05, 4.69) is 16.8 Å². The van der Waals surface area contributed by atoms with Crippen LogP contribution in [-0.4, -0.2) is 14.6 Å². The maximum atomic E-state index is 3.79. The first kappa shape index (κ1) is 7.48. The number of hydrogen-bond donors (Lipinski definition) is 0. The Bertz CT molecular complexity index is 332. The van der Waals surface area contributed by atoms with E-state index < -0.39 is 0 Å². The number of hydrogen-bond acceptors (Lipinski definition) is 2. The second kappa shape index (κ2) is 3.52. The van der Waals surface area contributed by atoms with Gasteiger partial charge in [0, 0.05) is 0 Å². The van der Waals surface area contributed by atoms with Crippen LogP contribution in [0.5, 0.6) is 0 Å². The van der Waals surface area contributed by atoms with Gasteiger partial charge in [-0.15, -0.1) is 0 Å². The predicted octanol–water partition coefficient (Wildman–Crippen LogP) is -0.984. The van der Waals surface area contributed by atoms with Gasteiger partial charge in [-0.3, -0.25) is 0 Å². The van der Waals surface area contributed by atoms with Crippen LogP contribution in [0.15, 0.2) is 12.4 Å². The molecule has 0 aliphatic carbocycles. The molecule has 3 heteroatoms. The Morgan fingerprint density at radius 1 is 1.40 bits per heavy atom. The maximum absolute atomic E-state index is 3.79. The molecule has 1 heterocycles. The fourth-order valence-corrected chi connectivity index (χ4v) is 1.11. The van der Waals surface area contributed by atoms with Gasteiger partial charge in [-0.2, -0.15) is 0 Å². The number of nitrogens with zero attached hydrogens (tertiary/aromatic N) is 2. The molecule has 0 N–H and O–H groups in total. The minimum atomic E-state index is 0.924. The summed E-state index contributed by atoms with van der Waals surface area (Å²) in [7, 11) is 0. The molecule has 0 aliphatic heterocycles. The average Bonchev–Trinajstić information content (AvgIpc) is 1.94. The van der Waals surface area contributed by atoms with Crippen LogP contribution in [0.25, 0.3) is 12.7 Å². The van der Waals surface area contributed by atoms with Gasteiger partial charge in [0.25, 0.3) is 0 Å². The van der Waals surface area contributed by atoms with E-state index in [1.807, 2.05) is 10.5 Å². The zero-order chi connectivity index (χ0) is 7.40. The Morgan fingerprint density at radius 2 is 2.10 bits per heavy atom. The van der Waals surface area contributed by atoms with Gasteiger partial charge in [0.2, 0.25) is 0 Å². The summed E-state index contributed by atoms with van der Waals surface area (Å²) in [5.74, 6) is 0. The van der Waals surface area contributed by atoms with Crippen LogP contribution >= 0.6 is 0 Å². The molecule has 1 aromatic rings. The van der Waals surface area contributed by atoms with E-state index in [0.29, 0.717) is 0 Å². The topological polar surface area (TPSA) is 25.8 Å². The molecule has 0 fully saturated rings. The fourth-order valence-electron chi connectivity index (χ4n) is 0.579. The van der Waals surface area contributed by atoms with E-state index in [-0.39, 0.29) is 0 Å². The van der Waals surface area contributed by atoms with Gasteiger partial charge >= 0.3 is 69.4 Å². The Labute approximate surface area is 69.7 Å². The van der Waals surface area contributed by atoms with Gasteiger partial charge in [0.15, 0.2) is 0 Å². The molecule has 0 amide bonds. The van der Waals surface area contributed by atoms with Crippen molar-refractivity contribution in [2.24, 2.45) is 0 Å². The summed E-state index contributed by atoms with van der Waals surface area (Å²) in [6, 6.07) is 0. The number of aromatic nitrogens is 2. The Morgan fingerprint density at radius 3 is 2.70 bits per heavy atom. The van der Waals surface area contributed by atoms with Crippen molar-refractivity contribution in [2.45, 2.75) is 0 Å². The van der Waals surface area contributed by atoms with Gasteiger partial charge in [-0.1, -0.05) is 0 Å². The van der Waals surface area contributed by atoms with E-state index in [9.17, 15) is 0 Å². The standard InChI is InChI=1S/C7H6N2.W/c1-3-7-5-9-8-4-6(7)2;/h1,3-5H,2H2;/b7-3-;. The van der Waals surface area contributed by atoms with Crippen molar-refractivity contribution in [3.63, 3.8) is 0 Å². The van der Waals surface area contributed by atoms with Crippen molar-refractivity contribution < 1.29 is 19.4 Å². The van der Waals surface area contributed by atoms with Crippen molar-refractivity contribution in [3.8, 4) is 0 Å². The molecule has 0 aliphatic rings. The molecule has 0 saturated heterocycles. The third kappa shape index (κ3) is 1.68. The SMILES string of the molecule is C=c1cnnc/c1=C/[CH]=[W]. The Kier molecular flexibility index (Phi) is 2.64. The van der Waals surface area contributed by atoms with Crippen LogP contribution in [0, 0.1) is 0 Å². The first-order valence-electron chi connectivity index (χ1n) is 2.76. The first-order chi connectivity index (χ1) is 4.84. The van der Waals surface area contributed by atoms with Gasteiger partial charge in [0.1, 0.15) is 0 Å². The van der Waals surface area contributed by atoms with Crippen LogP contribution in [0.4, 0.5) is 0 Å². The summed E-state index contributed by atoms with van der Waals surface area (Å²) < 4.78 is 2.03. The third-order valence-corrected chi connectivity index (χ3v) is 1.58. The monoisotopic (exact) mass is 302 g/mol. The molecular weight excluding hydrogens is 296 g/mol. The summed E-state index contributed by atoms with van der Waals surface area (Å²) in [5.41, 5.74) is 0. The van der Waals surface area contributed by atoms with E-state index in [0.717, 1.165) is 10.4 Å². The van der Waals surface area contributed by atoms with Crippen LogP contribution in [0.1, 0.15) is 0 Å². The van der Waals surface area contributed by atoms with Crippen LogP contribution in [0.3, 0.4) is 0 Å². The van der Waals surface area contributed by atoms with E-state index >= 15 is 0 Å². The second-order valence-corrected chi connectivity index (χ2v) is 2.75. The van der Waals surface area contributed by atoms with Crippen LogP contribution in [0.2, 0.25) is 0 Å². The van der Waals surface area contributed by atoms with Crippen molar-refractivity contribution in [1.82, 2.24) is 10.2 Å². The normalized spacial score (nSPS) is 11.4. The van der Waals surface area contributed by atoms with E-state index in [1.165, 1.54) is 19.4 Å². The van der Waals surface area contributed by atoms with Crippen LogP contribution < -0.4 is 10.4 Å². The summed E-state index contributed by atoms with van der Waals surface area (Å²) in [5, 5.41) is 9.39. The van der Waals surface area contributed by atoms with Gasteiger partial charge in [-0.25, -0.2) is 0 Å². The molecule has 0 unspecified atom stereocenters. The molecule has 0 bridgehead atoms. The Hall–Kier alpha value is -0.622. The molecule has 0 saturated carbocycles. The second-order valence-electron chi connectivity index (χ2n) is 1.77. The summed E-state index contributed by atoms with van der Waals surface area (Å²) in [6.07, 6.45) is 5.36. The Balaban J connectivity index is 3.43. The first-order valence-corrected chi connectivity index (χ1v) is 4.45. The van der Waals surface area contributed by atoms with Gasteiger partial charge in [-0.05, 0) is 0 Å². The molecule has 1 rings (SSSR count). The summed E-state index contributed by atoms with van der Waals surface area (Å²) in [6.45, 7) is 3.79. The molecule has 2 nitrogen and oxygen atoms in total. The van der Waals surface area contributed by atoms with E-state index in [4.69, 9.17) is 0 Å². The molecule has 10 heavy (non-hydrogen) atoms. The van der Waals surface area contributed by atoms with Crippen molar-refractivity contribution in [2.75, 3.05) is 0 Å². The van der Waals surface area contributed by atoms with Crippen molar-refractivity contribution in [3.05, 3.63) is 22.8 Å². The van der Waals surface area contributed by atoms with Gasteiger partial charge in [0.05, 0.1) is 0 Å². The quantitative estimate of drug-likeness (QED) is 0.666. The van der Waals surface area contributed by atoms with Crippen molar-refractivity contribution >= 4 is 17.1 Å². The zero-order valence-corrected chi connectivity index (χ0v) is 8.25. The third-order valence-electron chi connectivity index (χ3n) is 1.10. The molecule has 50 valence electrons. The molecular formula is C7H6N2W. The van der Waals surface area contributed by atoms with Crippen molar-refractivity contribution in [1.29, 1.82) is 0 Å².